The molecule has 142 valence electrons. The van der Waals surface area contributed by atoms with Crippen molar-refractivity contribution < 1.29 is 24.2 Å². The Labute approximate surface area is 152 Å². The monoisotopic (exact) mass is 363 g/mol. The number of amides is 2. The molecule has 3 heterocycles. The second-order valence-electron chi connectivity index (χ2n) is 6.71. The third-order valence-corrected chi connectivity index (χ3v) is 4.76. The van der Waals surface area contributed by atoms with Gasteiger partial charge in [0.15, 0.2) is 0 Å². The first-order valence-electron chi connectivity index (χ1n) is 9.07. The molecule has 26 heavy (non-hydrogen) atoms. The molecule has 0 aromatic carbocycles. The topological polar surface area (TPSA) is 101 Å². The SMILES string of the molecule is O=C(O)C1CCCN(C(=O)NCc2ccnc(OC3CCOCC3)c2)C1. The van der Waals surface area contributed by atoms with Gasteiger partial charge in [-0.1, -0.05) is 0 Å². The van der Waals surface area contributed by atoms with Gasteiger partial charge < -0.3 is 24.8 Å². The molecule has 3 rings (SSSR count). The number of ether oxygens (including phenoxy) is 2. The second-order valence-corrected chi connectivity index (χ2v) is 6.71. The van der Waals surface area contributed by atoms with Crippen LogP contribution in [0.15, 0.2) is 18.3 Å². The zero-order valence-electron chi connectivity index (χ0n) is 14.7. The van der Waals surface area contributed by atoms with E-state index >= 15 is 0 Å². The highest BCUT2D eigenvalue weighted by Gasteiger charge is 2.28. The quantitative estimate of drug-likeness (QED) is 0.825. The van der Waals surface area contributed by atoms with Gasteiger partial charge in [-0.3, -0.25) is 4.79 Å². The Bertz CT molecular complexity index is 633. The molecule has 1 atom stereocenters. The van der Waals surface area contributed by atoms with Crippen LogP contribution < -0.4 is 10.1 Å². The number of aliphatic carboxylic acids is 1. The highest BCUT2D eigenvalue weighted by Crippen LogP contribution is 2.18. The number of hydrogen-bond donors (Lipinski definition) is 2. The third-order valence-electron chi connectivity index (χ3n) is 4.76. The van der Waals surface area contributed by atoms with Gasteiger partial charge in [-0.05, 0) is 24.5 Å². The molecule has 8 nitrogen and oxygen atoms in total. The van der Waals surface area contributed by atoms with Gasteiger partial charge in [0.25, 0.3) is 0 Å². The van der Waals surface area contributed by atoms with E-state index in [4.69, 9.17) is 14.6 Å². The molecule has 2 N–H and O–H groups in total. The zero-order chi connectivity index (χ0) is 18.4. The fourth-order valence-electron chi connectivity index (χ4n) is 3.24. The van der Waals surface area contributed by atoms with E-state index < -0.39 is 11.9 Å². The normalized spacial score (nSPS) is 21.2. The summed E-state index contributed by atoms with van der Waals surface area (Å²) in [4.78, 5) is 29.2. The van der Waals surface area contributed by atoms with E-state index in [9.17, 15) is 9.59 Å². The van der Waals surface area contributed by atoms with Gasteiger partial charge in [0, 0.05) is 44.7 Å². The largest absolute Gasteiger partial charge is 0.481 e. The Hall–Kier alpha value is -2.35. The van der Waals surface area contributed by atoms with Gasteiger partial charge in [-0.2, -0.15) is 0 Å². The number of carbonyl (C=O) groups excluding carboxylic acids is 1. The molecule has 2 saturated heterocycles. The smallest absolute Gasteiger partial charge is 0.317 e. The zero-order valence-corrected chi connectivity index (χ0v) is 14.7. The predicted octanol–water partition coefficient (Wildman–Crippen LogP) is 1.65. The number of carbonyl (C=O) groups is 2. The number of rotatable bonds is 5. The number of likely N-dealkylation sites (tertiary alicyclic amines) is 1. The van der Waals surface area contributed by atoms with Crippen molar-refractivity contribution in [2.75, 3.05) is 26.3 Å². The number of piperidine rings is 1. The summed E-state index contributed by atoms with van der Waals surface area (Å²) >= 11 is 0. The van der Waals surface area contributed by atoms with Gasteiger partial charge in [-0.15, -0.1) is 0 Å². The van der Waals surface area contributed by atoms with Crippen LogP contribution in [0, 0.1) is 5.92 Å². The molecule has 0 radical (unpaired) electrons. The van der Waals surface area contributed by atoms with E-state index in [0.717, 1.165) is 18.4 Å². The lowest BCUT2D eigenvalue weighted by Crippen LogP contribution is -2.46. The highest BCUT2D eigenvalue weighted by atomic mass is 16.5. The first kappa shape index (κ1) is 18.4. The van der Waals surface area contributed by atoms with Crippen LogP contribution in [-0.2, 0) is 16.1 Å². The Morgan fingerprint density at radius 2 is 2.15 bits per heavy atom. The van der Waals surface area contributed by atoms with Crippen molar-refractivity contribution in [3.05, 3.63) is 23.9 Å². The van der Waals surface area contributed by atoms with Crippen molar-refractivity contribution in [1.29, 1.82) is 0 Å². The molecule has 0 aliphatic carbocycles. The molecule has 2 amide bonds. The maximum atomic E-state index is 12.3. The fourth-order valence-corrected chi connectivity index (χ4v) is 3.24. The summed E-state index contributed by atoms with van der Waals surface area (Å²) in [5.74, 6) is -0.769. The number of carboxylic acid groups (broad SMARTS) is 1. The van der Waals surface area contributed by atoms with E-state index in [1.165, 1.54) is 0 Å². The summed E-state index contributed by atoms with van der Waals surface area (Å²) in [5.41, 5.74) is 0.891. The van der Waals surface area contributed by atoms with Crippen LogP contribution in [0.5, 0.6) is 5.88 Å². The van der Waals surface area contributed by atoms with Crippen LogP contribution in [0.1, 0.15) is 31.2 Å². The third kappa shape index (κ3) is 5.08. The molecule has 0 saturated carbocycles. The van der Waals surface area contributed by atoms with Crippen LogP contribution in [0.3, 0.4) is 0 Å². The highest BCUT2D eigenvalue weighted by molar-refractivity contribution is 5.76. The molecule has 2 fully saturated rings. The molecule has 0 bridgehead atoms. The molecular formula is C18H25N3O5. The summed E-state index contributed by atoms with van der Waals surface area (Å²) in [5, 5.41) is 12.0. The Balaban J connectivity index is 1.50. The van der Waals surface area contributed by atoms with Crippen molar-refractivity contribution in [3.8, 4) is 5.88 Å². The first-order chi connectivity index (χ1) is 12.6. The van der Waals surface area contributed by atoms with Crippen LogP contribution >= 0.6 is 0 Å². The van der Waals surface area contributed by atoms with Gasteiger partial charge in [0.2, 0.25) is 5.88 Å². The molecule has 1 unspecified atom stereocenters. The average Bonchev–Trinajstić information content (AvgIpc) is 2.67. The molecular weight excluding hydrogens is 338 g/mol. The number of nitrogens with zero attached hydrogens (tertiary/aromatic N) is 2. The second kappa shape index (κ2) is 8.84. The number of carboxylic acids is 1. The maximum absolute atomic E-state index is 12.3. The summed E-state index contributed by atoms with van der Waals surface area (Å²) < 4.78 is 11.2. The van der Waals surface area contributed by atoms with E-state index in [0.29, 0.717) is 45.0 Å². The summed E-state index contributed by atoms with van der Waals surface area (Å²) in [7, 11) is 0. The summed E-state index contributed by atoms with van der Waals surface area (Å²) in [6.45, 7) is 2.60. The molecule has 8 heteroatoms. The molecule has 2 aliphatic heterocycles. The van der Waals surface area contributed by atoms with Crippen LogP contribution in [0.25, 0.3) is 0 Å². The Morgan fingerprint density at radius 3 is 2.92 bits per heavy atom. The maximum Gasteiger partial charge on any atom is 0.317 e. The van der Waals surface area contributed by atoms with Gasteiger partial charge in [0.05, 0.1) is 19.1 Å². The minimum atomic E-state index is -0.841. The van der Waals surface area contributed by atoms with Crippen molar-refractivity contribution >= 4 is 12.0 Å². The van der Waals surface area contributed by atoms with Crippen LogP contribution in [0.4, 0.5) is 4.79 Å². The fraction of sp³-hybridized carbons (Fsp3) is 0.611. The molecule has 1 aromatic heterocycles. The molecule has 2 aliphatic rings. The Kier molecular flexibility index (Phi) is 6.27. The van der Waals surface area contributed by atoms with Crippen LogP contribution in [-0.4, -0.2) is 59.4 Å². The Morgan fingerprint density at radius 1 is 1.35 bits per heavy atom. The minimum absolute atomic E-state index is 0.113. The number of nitrogens with one attached hydrogen (secondary N) is 1. The van der Waals surface area contributed by atoms with Crippen molar-refractivity contribution in [1.82, 2.24) is 15.2 Å². The van der Waals surface area contributed by atoms with Gasteiger partial charge >= 0.3 is 12.0 Å². The van der Waals surface area contributed by atoms with Crippen molar-refractivity contribution in [2.24, 2.45) is 5.92 Å². The van der Waals surface area contributed by atoms with E-state index in [2.05, 4.69) is 10.3 Å². The van der Waals surface area contributed by atoms with Gasteiger partial charge in [0.1, 0.15) is 6.10 Å². The molecule has 1 aromatic rings. The van der Waals surface area contributed by atoms with E-state index in [1.54, 1.807) is 11.1 Å². The standard InChI is InChI=1S/C18H25N3O5/c22-17(23)14-2-1-7-21(12-14)18(24)20-11-13-3-6-19-16(10-13)26-15-4-8-25-9-5-15/h3,6,10,14-15H,1-2,4-5,7-9,11-12H2,(H,20,24)(H,22,23). The minimum Gasteiger partial charge on any atom is -0.481 e. The predicted molar refractivity (Wildman–Crippen MR) is 92.9 cm³/mol. The lowest BCUT2D eigenvalue weighted by atomic mass is 9.99. The summed E-state index contributed by atoms with van der Waals surface area (Å²) in [6.07, 6.45) is 4.81. The van der Waals surface area contributed by atoms with Crippen molar-refractivity contribution in [2.45, 2.75) is 38.3 Å². The lowest BCUT2D eigenvalue weighted by molar-refractivity contribution is -0.143. The number of pyridine rings is 1. The van der Waals surface area contributed by atoms with Gasteiger partial charge in [-0.25, -0.2) is 9.78 Å². The van der Waals surface area contributed by atoms with Crippen molar-refractivity contribution in [3.63, 3.8) is 0 Å². The van der Waals surface area contributed by atoms with Crippen LogP contribution in [0.2, 0.25) is 0 Å². The van der Waals surface area contributed by atoms with E-state index in [-0.39, 0.29) is 18.7 Å². The first-order valence-corrected chi connectivity index (χ1v) is 9.07. The van der Waals surface area contributed by atoms with E-state index in [1.807, 2.05) is 12.1 Å². The number of aromatic nitrogens is 1. The average molecular weight is 363 g/mol. The number of urea groups is 1. The molecule has 0 spiro atoms. The summed E-state index contributed by atoms with van der Waals surface area (Å²) in [6, 6.07) is 3.42. The lowest BCUT2D eigenvalue weighted by Gasteiger charge is -2.30. The number of hydrogen-bond acceptors (Lipinski definition) is 5.